The average molecular weight is 208 g/mol. The van der Waals surface area contributed by atoms with Crippen molar-refractivity contribution in [3.8, 4) is 6.07 Å². The van der Waals surface area contributed by atoms with Gasteiger partial charge in [-0.15, -0.1) is 0 Å². The number of nitrogens with zero attached hydrogens (tertiary/aromatic N) is 1. The lowest BCUT2D eigenvalue weighted by atomic mass is 9.81. The number of carbonyl (C=O) groups excluding carboxylic acids is 1. The number of hydrogen-bond acceptors (Lipinski definition) is 2. The van der Waals surface area contributed by atoms with E-state index >= 15 is 0 Å². The molecule has 0 unspecified atom stereocenters. The van der Waals surface area contributed by atoms with Crippen LogP contribution in [0.25, 0.3) is 0 Å². The molecule has 0 aliphatic heterocycles. The summed E-state index contributed by atoms with van der Waals surface area (Å²) in [6.07, 6.45) is 1.44. The number of hydrogen-bond donors (Lipinski definition) is 1. The highest BCUT2D eigenvalue weighted by Gasteiger charge is 2.50. The zero-order valence-corrected chi connectivity index (χ0v) is 10.1. The molecule has 0 aromatic heterocycles. The maximum absolute atomic E-state index is 11.7. The normalized spacial score (nSPS) is 18.4. The minimum atomic E-state index is -0.687. The average Bonchev–Trinajstić information content (AvgIpc) is 2.94. The van der Waals surface area contributed by atoms with Gasteiger partial charge >= 0.3 is 0 Å². The zero-order chi connectivity index (χ0) is 11.7. The monoisotopic (exact) mass is 208 g/mol. The van der Waals surface area contributed by atoms with E-state index in [-0.39, 0.29) is 11.3 Å². The van der Waals surface area contributed by atoms with Crippen molar-refractivity contribution in [1.29, 1.82) is 5.26 Å². The van der Waals surface area contributed by atoms with Crippen molar-refractivity contribution in [1.82, 2.24) is 5.32 Å². The first-order chi connectivity index (χ1) is 6.84. The van der Waals surface area contributed by atoms with Crippen LogP contribution in [0.15, 0.2) is 0 Å². The highest BCUT2D eigenvalue weighted by Crippen LogP contribution is 2.45. The fourth-order valence-corrected chi connectivity index (χ4v) is 1.20. The summed E-state index contributed by atoms with van der Waals surface area (Å²) in [6.45, 7) is 9.19. The SMILES string of the molecule is CC(C)C(C)(C)CNC(=O)C1(C#N)CC1. The Kier molecular flexibility index (Phi) is 3.08. The molecule has 1 aliphatic carbocycles. The summed E-state index contributed by atoms with van der Waals surface area (Å²) >= 11 is 0. The van der Waals surface area contributed by atoms with E-state index in [0.717, 1.165) is 12.8 Å². The Bertz CT molecular complexity index is 295. The second-order valence-corrected chi connectivity index (χ2v) is 5.52. The number of carbonyl (C=O) groups is 1. The van der Waals surface area contributed by atoms with Crippen LogP contribution >= 0.6 is 0 Å². The van der Waals surface area contributed by atoms with E-state index in [4.69, 9.17) is 5.26 Å². The largest absolute Gasteiger partial charge is 0.354 e. The molecule has 0 spiro atoms. The Labute approximate surface area is 91.9 Å². The topological polar surface area (TPSA) is 52.9 Å². The molecular weight excluding hydrogens is 188 g/mol. The molecule has 1 saturated carbocycles. The second kappa shape index (κ2) is 3.84. The quantitative estimate of drug-likeness (QED) is 0.769. The molecule has 84 valence electrons. The minimum absolute atomic E-state index is 0.0845. The molecule has 1 rings (SSSR count). The summed E-state index contributed by atoms with van der Waals surface area (Å²) in [5.41, 5.74) is -0.603. The maximum atomic E-state index is 11.7. The number of amides is 1. The van der Waals surface area contributed by atoms with Gasteiger partial charge in [0.2, 0.25) is 5.91 Å². The zero-order valence-electron chi connectivity index (χ0n) is 10.1. The molecular formula is C12H20N2O. The maximum Gasteiger partial charge on any atom is 0.240 e. The van der Waals surface area contributed by atoms with Crippen molar-refractivity contribution in [2.24, 2.45) is 16.7 Å². The smallest absolute Gasteiger partial charge is 0.240 e. The van der Waals surface area contributed by atoms with Gasteiger partial charge in [-0.1, -0.05) is 27.7 Å². The standard InChI is InChI=1S/C12H20N2O/c1-9(2)11(3,4)8-14-10(15)12(7-13)5-6-12/h9H,5-6,8H2,1-4H3,(H,14,15). The van der Waals surface area contributed by atoms with E-state index in [0.29, 0.717) is 12.5 Å². The van der Waals surface area contributed by atoms with E-state index in [1.807, 2.05) is 0 Å². The highest BCUT2D eigenvalue weighted by molar-refractivity contribution is 5.88. The summed E-state index contributed by atoms with van der Waals surface area (Å²) < 4.78 is 0. The highest BCUT2D eigenvalue weighted by atomic mass is 16.2. The van der Waals surface area contributed by atoms with Crippen LogP contribution in [0, 0.1) is 28.1 Å². The summed E-state index contributed by atoms with van der Waals surface area (Å²) in [7, 11) is 0. The first-order valence-corrected chi connectivity index (χ1v) is 5.54. The van der Waals surface area contributed by atoms with Crippen LogP contribution in [-0.4, -0.2) is 12.5 Å². The van der Waals surface area contributed by atoms with Crippen molar-refractivity contribution in [2.75, 3.05) is 6.54 Å². The Morgan fingerprint density at radius 1 is 1.53 bits per heavy atom. The molecule has 0 saturated heterocycles. The van der Waals surface area contributed by atoms with E-state index in [1.165, 1.54) is 0 Å². The van der Waals surface area contributed by atoms with Gasteiger partial charge < -0.3 is 5.32 Å². The number of nitriles is 1. The van der Waals surface area contributed by atoms with Crippen molar-refractivity contribution in [2.45, 2.75) is 40.5 Å². The lowest BCUT2D eigenvalue weighted by molar-refractivity contribution is -0.125. The van der Waals surface area contributed by atoms with Gasteiger partial charge in [0.05, 0.1) is 6.07 Å². The van der Waals surface area contributed by atoms with Crippen LogP contribution in [0.1, 0.15) is 40.5 Å². The van der Waals surface area contributed by atoms with Gasteiger partial charge in [0, 0.05) is 6.54 Å². The molecule has 3 heteroatoms. The molecule has 0 aromatic carbocycles. The Morgan fingerprint density at radius 3 is 2.40 bits per heavy atom. The van der Waals surface area contributed by atoms with Gasteiger partial charge in [0.1, 0.15) is 5.41 Å². The molecule has 1 aliphatic rings. The molecule has 1 N–H and O–H groups in total. The summed E-state index contributed by atoms with van der Waals surface area (Å²) in [4.78, 5) is 11.7. The third-order valence-corrected chi connectivity index (χ3v) is 3.67. The van der Waals surface area contributed by atoms with Crippen LogP contribution in [0.5, 0.6) is 0 Å². The van der Waals surface area contributed by atoms with Crippen LogP contribution in [0.4, 0.5) is 0 Å². The van der Waals surface area contributed by atoms with Gasteiger partial charge in [-0.25, -0.2) is 0 Å². The molecule has 0 aromatic rings. The molecule has 15 heavy (non-hydrogen) atoms. The molecule has 0 bridgehead atoms. The Morgan fingerprint density at radius 2 is 2.07 bits per heavy atom. The van der Waals surface area contributed by atoms with Crippen LogP contribution in [0.2, 0.25) is 0 Å². The van der Waals surface area contributed by atoms with E-state index in [1.54, 1.807) is 0 Å². The van der Waals surface area contributed by atoms with Gasteiger partial charge in [-0.3, -0.25) is 4.79 Å². The predicted molar refractivity (Wildman–Crippen MR) is 58.9 cm³/mol. The molecule has 0 atom stereocenters. The van der Waals surface area contributed by atoms with Crippen LogP contribution in [0.3, 0.4) is 0 Å². The van der Waals surface area contributed by atoms with E-state index < -0.39 is 5.41 Å². The van der Waals surface area contributed by atoms with E-state index in [2.05, 4.69) is 39.1 Å². The first kappa shape index (κ1) is 12.0. The Balaban J connectivity index is 2.45. The van der Waals surface area contributed by atoms with Gasteiger partial charge in [-0.2, -0.15) is 5.26 Å². The van der Waals surface area contributed by atoms with Crippen molar-refractivity contribution < 1.29 is 4.79 Å². The predicted octanol–water partition coefficient (Wildman–Crippen LogP) is 2.09. The third kappa shape index (κ3) is 2.50. The number of nitrogens with one attached hydrogen (secondary N) is 1. The van der Waals surface area contributed by atoms with Crippen molar-refractivity contribution in [3.63, 3.8) is 0 Å². The van der Waals surface area contributed by atoms with E-state index in [9.17, 15) is 4.79 Å². The van der Waals surface area contributed by atoms with Crippen LogP contribution < -0.4 is 5.32 Å². The van der Waals surface area contributed by atoms with Gasteiger partial charge in [0.15, 0.2) is 0 Å². The third-order valence-electron chi connectivity index (χ3n) is 3.67. The molecule has 0 heterocycles. The summed E-state index contributed by atoms with van der Waals surface area (Å²) in [5, 5.41) is 11.8. The fourth-order valence-electron chi connectivity index (χ4n) is 1.20. The van der Waals surface area contributed by atoms with Gasteiger partial charge in [-0.05, 0) is 24.2 Å². The van der Waals surface area contributed by atoms with Crippen molar-refractivity contribution in [3.05, 3.63) is 0 Å². The molecule has 0 radical (unpaired) electrons. The molecule has 1 amide bonds. The lowest BCUT2D eigenvalue weighted by Gasteiger charge is -2.29. The Hall–Kier alpha value is -1.04. The number of rotatable bonds is 4. The second-order valence-electron chi connectivity index (χ2n) is 5.52. The molecule has 1 fully saturated rings. The van der Waals surface area contributed by atoms with Crippen molar-refractivity contribution >= 4 is 5.91 Å². The summed E-state index contributed by atoms with van der Waals surface area (Å²) in [5.74, 6) is 0.425. The van der Waals surface area contributed by atoms with Crippen LogP contribution in [-0.2, 0) is 4.79 Å². The van der Waals surface area contributed by atoms with Gasteiger partial charge in [0.25, 0.3) is 0 Å². The first-order valence-electron chi connectivity index (χ1n) is 5.54. The fraction of sp³-hybridized carbons (Fsp3) is 0.833. The molecule has 3 nitrogen and oxygen atoms in total. The minimum Gasteiger partial charge on any atom is -0.354 e. The lowest BCUT2D eigenvalue weighted by Crippen LogP contribution is -2.40. The summed E-state index contributed by atoms with van der Waals surface area (Å²) in [6, 6.07) is 2.11.